The molecule has 2 aromatic rings. The van der Waals surface area contributed by atoms with Gasteiger partial charge in [0.1, 0.15) is 13.2 Å². The number of rotatable bonds is 5. The largest absolute Gasteiger partial charge is 0.741 e. The molecule has 18 heteroatoms. The first-order chi connectivity index (χ1) is 15.3. The average Bonchev–Trinajstić information content (AvgIpc) is 2.68. The minimum absolute atomic E-state index is 0.149. The molecule has 0 aliphatic carbocycles. The van der Waals surface area contributed by atoms with Gasteiger partial charge in [0, 0.05) is 24.3 Å². The monoisotopic (exact) mass is 544 g/mol. The third-order valence-corrected chi connectivity index (χ3v) is 4.53. The summed E-state index contributed by atoms with van der Waals surface area (Å²) in [7, 11) is -12.2. The van der Waals surface area contributed by atoms with Gasteiger partial charge < -0.3 is 19.3 Å². The number of aromatic nitrogens is 2. The first-order valence-corrected chi connectivity index (χ1v) is 11.4. The zero-order valence-corrected chi connectivity index (χ0v) is 18.4. The highest BCUT2D eigenvalue weighted by Crippen LogP contribution is 2.21. The highest BCUT2D eigenvalue weighted by molar-refractivity contribution is 7.86. The van der Waals surface area contributed by atoms with Crippen molar-refractivity contribution in [3.05, 3.63) is 49.1 Å². The summed E-state index contributed by atoms with van der Waals surface area (Å²) in [5.41, 5.74) is -9.01. The van der Waals surface area contributed by atoms with Crippen LogP contribution in [0.3, 0.4) is 0 Å². The normalized spacial score (nSPS) is 12.2. The summed E-state index contributed by atoms with van der Waals surface area (Å²) >= 11 is 0. The van der Waals surface area contributed by atoms with Gasteiger partial charge in [-0.25, -0.2) is 26.0 Å². The van der Waals surface area contributed by atoms with E-state index in [2.05, 4.69) is 0 Å². The molecular formula is C16H18F6N2O8S2. The van der Waals surface area contributed by atoms with E-state index >= 15 is 0 Å². The molecule has 0 saturated carbocycles. The van der Waals surface area contributed by atoms with Crippen LogP contribution in [-0.4, -0.2) is 60.4 Å². The van der Waals surface area contributed by atoms with Crippen molar-refractivity contribution in [3.8, 4) is 11.1 Å². The van der Waals surface area contributed by atoms with E-state index in [1.807, 2.05) is 58.2 Å². The fourth-order valence-corrected chi connectivity index (χ4v) is 1.83. The third kappa shape index (κ3) is 11.7. The Hall–Kier alpha value is -2.38. The molecule has 0 fully saturated rings. The quantitative estimate of drug-likeness (QED) is 0.230. The van der Waals surface area contributed by atoms with Crippen molar-refractivity contribution in [3.63, 3.8) is 0 Å². The lowest BCUT2D eigenvalue weighted by molar-refractivity contribution is -0.698. The Morgan fingerprint density at radius 3 is 1.00 bits per heavy atom. The summed E-state index contributed by atoms with van der Waals surface area (Å²) in [5, 5.41) is 17.7. The molecule has 0 aliphatic rings. The summed E-state index contributed by atoms with van der Waals surface area (Å²) in [6, 6.07) is 8.12. The molecular weight excluding hydrogens is 526 g/mol. The summed E-state index contributed by atoms with van der Waals surface area (Å²) in [6.45, 7) is 1.53. The van der Waals surface area contributed by atoms with Gasteiger partial charge in [-0.2, -0.15) is 26.3 Å². The maximum Gasteiger partial charge on any atom is 0.485 e. The summed E-state index contributed by atoms with van der Waals surface area (Å²) < 4.78 is 122. The van der Waals surface area contributed by atoms with Crippen LogP contribution in [0, 0.1) is 0 Å². The number of nitrogens with zero attached hydrogens (tertiary/aromatic N) is 2. The van der Waals surface area contributed by atoms with Gasteiger partial charge in [-0.3, -0.25) is 0 Å². The molecule has 2 N–H and O–H groups in total. The Labute approximate surface area is 189 Å². The number of halogens is 6. The Bertz CT molecular complexity index is 999. The maximum absolute atomic E-state index is 10.7. The predicted molar refractivity (Wildman–Crippen MR) is 97.9 cm³/mol. The number of hydrogen-bond donors (Lipinski definition) is 2. The van der Waals surface area contributed by atoms with E-state index in [4.69, 9.17) is 36.2 Å². The van der Waals surface area contributed by atoms with Gasteiger partial charge in [0.05, 0.1) is 0 Å². The summed E-state index contributed by atoms with van der Waals surface area (Å²) in [6.07, 6.45) is 7.83. The Balaban J connectivity index is 0.000000570. The molecule has 0 aromatic carbocycles. The smallest absolute Gasteiger partial charge is 0.485 e. The van der Waals surface area contributed by atoms with Crippen LogP contribution >= 0.6 is 0 Å². The number of pyridine rings is 2. The summed E-state index contributed by atoms with van der Waals surface area (Å²) in [4.78, 5) is 0. The lowest BCUT2D eigenvalue weighted by Crippen LogP contribution is -2.34. The van der Waals surface area contributed by atoms with Crippen molar-refractivity contribution in [1.82, 2.24) is 0 Å². The number of hydrogen-bond acceptors (Lipinski definition) is 8. The minimum atomic E-state index is -6.09. The molecule has 34 heavy (non-hydrogen) atoms. The van der Waals surface area contributed by atoms with Crippen LogP contribution in [0.1, 0.15) is 0 Å². The lowest BCUT2D eigenvalue weighted by atomic mass is 10.1. The molecule has 0 unspecified atom stereocenters. The summed E-state index contributed by atoms with van der Waals surface area (Å²) in [5.74, 6) is 0. The van der Waals surface area contributed by atoms with E-state index in [1.54, 1.807) is 0 Å². The Morgan fingerprint density at radius 2 is 0.853 bits per heavy atom. The minimum Gasteiger partial charge on any atom is -0.741 e. The van der Waals surface area contributed by atoms with Crippen molar-refractivity contribution in [2.75, 3.05) is 13.2 Å². The molecule has 0 amide bonds. The molecule has 10 nitrogen and oxygen atoms in total. The van der Waals surface area contributed by atoms with Gasteiger partial charge in [-0.05, 0) is 11.1 Å². The number of aliphatic hydroxyl groups is 2. The van der Waals surface area contributed by atoms with E-state index in [0.717, 1.165) is 11.1 Å². The van der Waals surface area contributed by atoms with Crippen LogP contribution in [0.2, 0.25) is 0 Å². The topological polar surface area (TPSA) is 163 Å². The van der Waals surface area contributed by atoms with E-state index in [1.165, 1.54) is 0 Å². The highest BCUT2D eigenvalue weighted by atomic mass is 32.2. The van der Waals surface area contributed by atoms with Gasteiger partial charge in [0.25, 0.3) is 0 Å². The van der Waals surface area contributed by atoms with Gasteiger partial charge in [-0.1, -0.05) is 0 Å². The Kier molecular flexibility index (Phi) is 12.0. The molecule has 0 radical (unpaired) electrons. The highest BCUT2D eigenvalue weighted by Gasteiger charge is 2.37. The van der Waals surface area contributed by atoms with Gasteiger partial charge in [0.2, 0.25) is 0 Å². The van der Waals surface area contributed by atoms with Gasteiger partial charge in [-0.15, -0.1) is 0 Å². The molecule has 194 valence electrons. The second-order valence-electron chi connectivity index (χ2n) is 5.90. The van der Waals surface area contributed by atoms with E-state index < -0.39 is 31.3 Å². The fourth-order valence-electron chi connectivity index (χ4n) is 1.83. The van der Waals surface area contributed by atoms with Crippen LogP contribution in [-0.2, 0) is 33.3 Å². The molecule has 0 saturated heterocycles. The second kappa shape index (κ2) is 12.9. The fraction of sp³-hybridized carbons (Fsp3) is 0.375. The second-order valence-corrected chi connectivity index (χ2v) is 8.64. The van der Waals surface area contributed by atoms with E-state index in [-0.39, 0.29) is 13.2 Å². The van der Waals surface area contributed by atoms with Crippen LogP contribution in [0.4, 0.5) is 26.3 Å². The zero-order valence-electron chi connectivity index (χ0n) is 16.8. The van der Waals surface area contributed by atoms with Crippen molar-refractivity contribution in [2.45, 2.75) is 24.1 Å². The molecule has 0 atom stereocenters. The van der Waals surface area contributed by atoms with Crippen molar-refractivity contribution < 1.29 is 71.6 Å². The maximum atomic E-state index is 10.7. The Morgan fingerprint density at radius 1 is 0.647 bits per heavy atom. The van der Waals surface area contributed by atoms with Gasteiger partial charge >= 0.3 is 11.0 Å². The SMILES string of the molecule is O=S(=O)([O-])C(F)(F)F.O=S(=O)([O-])C(F)(F)F.OCC[n+]1ccc(-c2cc[n+](CCO)cc2)cc1. The van der Waals surface area contributed by atoms with Crippen LogP contribution in [0.25, 0.3) is 11.1 Å². The van der Waals surface area contributed by atoms with Crippen molar-refractivity contribution in [1.29, 1.82) is 0 Å². The predicted octanol–water partition coefficient (Wildman–Crippen LogP) is 0.0160. The van der Waals surface area contributed by atoms with Gasteiger partial charge in [0.15, 0.2) is 58.1 Å². The van der Waals surface area contributed by atoms with Crippen molar-refractivity contribution in [2.24, 2.45) is 0 Å². The van der Waals surface area contributed by atoms with Crippen LogP contribution < -0.4 is 9.13 Å². The lowest BCUT2D eigenvalue weighted by Gasteiger charge is -2.08. The molecule has 0 bridgehead atoms. The van der Waals surface area contributed by atoms with E-state index in [9.17, 15) is 26.3 Å². The standard InChI is InChI=1S/C14H18N2O2.2CHF3O3S/c17-11-9-15-5-1-13(2-6-15)14-3-7-16(8-4-14)10-12-18;2*2-1(3,4)8(5,6)7/h1-8,17-18H,9-12H2;2*(H,5,6,7)/q+2;;/p-2. The average molecular weight is 544 g/mol. The first-order valence-electron chi connectivity index (χ1n) is 8.58. The first kappa shape index (κ1) is 31.6. The molecule has 0 aliphatic heterocycles. The van der Waals surface area contributed by atoms with Crippen molar-refractivity contribution >= 4 is 20.2 Å². The molecule has 0 spiro atoms. The third-order valence-electron chi connectivity index (χ3n) is 3.40. The van der Waals surface area contributed by atoms with E-state index in [0.29, 0.717) is 13.1 Å². The molecule has 2 rings (SSSR count). The zero-order chi connectivity index (χ0) is 26.8. The molecule has 2 aromatic heterocycles. The molecule has 2 heterocycles. The number of alkyl halides is 6. The number of aliphatic hydroxyl groups excluding tert-OH is 2. The van der Waals surface area contributed by atoms with Crippen LogP contribution in [0.5, 0.6) is 0 Å². The van der Waals surface area contributed by atoms with Crippen LogP contribution in [0.15, 0.2) is 49.1 Å².